The molecule has 2 rings (SSSR count). The number of hydrogen-bond donors (Lipinski definition) is 1. The lowest BCUT2D eigenvalue weighted by Gasteiger charge is -2.10. The highest BCUT2D eigenvalue weighted by molar-refractivity contribution is 7.91. The average Bonchev–Trinajstić information content (AvgIpc) is 2.80. The van der Waals surface area contributed by atoms with Gasteiger partial charge in [-0.15, -0.1) is 0 Å². The monoisotopic (exact) mass is 286 g/mol. The molecule has 1 atom stereocenters. The molecule has 19 heavy (non-hydrogen) atoms. The van der Waals surface area contributed by atoms with Crippen molar-refractivity contribution in [3.63, 3.8) is 0 Å². The molecule has 2 heterocycles. The number of rotatable bonds is 4. The van der Waals surface area contributed by atoms with Gasteiger partial charge in [-0.25, -0.2) is 8.42 Å². The maximum atomic E-state index is 11.8. The van der Waals surface area contributed by atoms with E-state index < -0.39 is 9.84 Å². The molecule has 1 aliphatic rings. The highest BCUT2D eigenvalue weighted by Crippen LogP contribution is 2.15. The fraction of sp³-hybridized carbons (Fsp3) is 0.667. The Hall–Kier alpha value is -1.37. The first-order chi connectivity index (χ1) is 8.87. The van der Waals surface area contributed by atoms with Crippen molar-refractivity contribution >= 4 is 15.7 Å². The summed E-state index contributed by atoms with van der Waals surface area (Å²) in [5.74, 6) is 0.835. The van der Waals surface area contributed by atoms with E-state index in [2.05, 4.69) is 10.5 Å². The van der Waals surface area contributed by atoms with E-state index in [1.165, 1.54) is 0 Å². The number of hydrogen-bond acceptors (Lipinski definition) is 5. The Morgan fingerprint density at radius 3 is 2.74 bits per heavy atom. The number of sulfone groups is 1. The average molecular weight is 286 g/mol. The molecule has 1 aromatic rings. The molecule has 1 N–H and O–H groups in total. The summed E-state index contributed by atoms with van der Waals surface area (Å²) in [5.41, 5.74) is 1.75. The van der Waals surface area contributed by atoms with Crippen LogP contribution in [0.3, 0.4) is 0 Å². The van der Waals surface area contributed by atoms with Gasteiger partial charge in [0, 0.05) is 18.0 Å². The SMILES string of the molecule is Cc1noc(C)c1CCC(=O)N[C@H]1CCS(=O)(=O)C1. The minimum absolute atomic E-state index is 0.0596. The van der Waals surface area contributed by atoms with E-state index in [0.717, 1.165) is 17.0 Å². The molecule has 0 bridgehead atoms. The highest BCUT2D eigenvalue weighted by Gasteiger charge is 2.28. The van der Waals surface area contributed by atoms with Crippen LogP contribution < -0.4 is 5.32 Å². The number of aryl methyl sites for hydroxylation is 2. The van der Waals surface area contributed by atoms with Gasteiger partial charge in [0.1, 0.15) is 5.76 Å². The molecule has 6 nitrogen and oxygen atoms in total. The molecule has 1 aromatic heterocycles. The van der Waals surface area contributed by atoms with E-state index in [0.29, 0.717) is 19.3 Å². The first kappa shape index (κ1) is 14.0. The van der Waals surface area contributed by atoms with Crippen LogP contribution in [0.25, 0.3) is 0 Å². The van der Waals surface area contributed by atoms with E-state index in [4.69, 9.17) is 4.52 Å². The molecule has 0 saturated carbocycles. The van der Waals surface area contributed by atoms with Gasteiger partial charge in [-0.3, -0.25) is 4.79 Å². The van der Waals surface area contributed by atoms with Gasteiger partial charge in [0.2, 0.25) is 5.91 Å². The first-order valence-electron chi connectivity index (χ1n) is 6.29. The topological polar surface area (TPSA) is 89.3 Å². The lowest BCUT2D eigenvalue weighted by molar-refractivity contribution is -0.121. The Morgan fingerprint density at radius 2 is 2.21 bits per heavy atom. The number of carbonyl (C=O) groups is 1. The van der Waals surface area contributed by atoms with E-state index >= 15 is 0 Å². The summed E-state index contributed by atoms with van der Waals surface area (Å²) in [6.45, 7) is 3.66. The van der Waals surface area contributed by atoms with Crippen LogP contribution in [-0.4, -0.2) is 37.0 Å². The molecule has 1 amide bonds. The summed E-state index contributed by atoms with van der Waals surface area (Å²) in [6, 6.07) is -0.234. The quantitative estimate of drug-likeness (QED) is 0.872. The van der Waals surface area contributed by atoms with Crippen LogP contribution >= 0.6 is 0 Å². The summed E-state index contributed by atoms with van der Waals surface area (Å²) in [6.07, 6.45) is 1.39. The van der Waals surface area contributed by atoms with Gasteiger partial charge in [-0.2, -0.15) is 0 Å². The standard InChI is InChI=1S/C12H18N2O4S/c1-8-11(9(2)18-14-8)3-4-12(15)13-10-5-6-19(16,17)7-10/h10H,3-7H2,1-2H3,(H,13,15)/t10-/m0/s1. The summed E-state index contributed by atoms with van der Waals surface area (Å²) in [4.78, 5) is 11.8. The minimum Gasteiger partial charge on any atom is -0.361 e. The molecule has 106 valence electrons. The summed E-state index contributed by atoms with van der Waals surface area (Å²) >= 11 is 0. The Bertz CT molecular complexity index is 557. The van der Waals surface area contributed by atoms with Crippen LogP contribution in [-0.2, 0) is 21.1 Å². The number of nitrogens with one attached hydrogen (secondary N) is 1. The van der Waals surface area contributed by atoms with Crippen LogP contribution in [0.1, 0.15) is 29.9 Å². The molecule has 1 aliphatic heterocycles. The normalized spacial score (nSPS) is 21.5. The second-order valence-corrected chi connectivity index (χ2v) is 7.20. The van der Waals surface area contributed by atoms with Gasteiger partial charge < -0.3 is 9.84 Å². The third kappa shape index (κ3) is 3.56. The molecule has 0 aliphatic carbocycles. The molecule has 1 fully saturated rings. The van der Waals surface area contributed by atoms with Crippen molar-refractivity contribution < 1.29 is 17.7 Å². The molecule has 0 unspecified atom stereocenters. The van der Waals surface area contributed by atoms with Gasteiger partial charge in [-0.1, -0.05) is 5.16 Å². The Balaban J connectivity index is 1.83. The fourth-order valence-electron chi connectivity index (χ4n) is 2.31. The second-order valence-electron chi connectivity index (χ2n) is 4.97. The second kappa shape index (κ2) is 5.32. The van der Waals surface area contributed by atoms with Crippen molar-refractivity contribution in [1.82, 2.24) is 10.5 Å². The van der Waals surface area contributed by atoms with Crippen molar-refractivity contribution in [2.24, 2.45) is 0 Å². The highest BCUT2D eigenvalue weighted by atomic mass is 32.2. The zero-order valence-electron chi connectivity index (χ0n) is 11.1. The van der Waals surface area contributed by atoms with Crippen LogP contribution in [0.15, 0.2) is 4.52 Å². The largest absolute Gasteiger partial charge is 0.361 e. The number of carbonyl (C=O) groups excluding carboxylic acids is 1. The maximum absolute atomic E-state index is 11.8. The van der Waals surface area contributed by atoms with Crippen molar-refractivity contribution in [2.75, 3.05) is 11.5 Å². The lowest BCUT2D eigenvalue weighted by atomic mass is 10.1. The smallest absolute Gasteiger partial charge is 0.220 e. The van der Waals surface area contributed by atoms with E-state index in [1.807, 2.05) is 13.8 Å². The lowest BCUT2D eigenvalue weighted by Crippen LogP contribution is -2.35. The number of amides is 1. The molecular formula is C12H18N2O4S. The number of nitrogens with zero attached hydrogens (tertiary/aromatic N) is 1. The zero-order chi connectivity index (χ0) is 14.0. The van der Waals surface area contributed by atoms with Gasteiger partial charge in [0.25, 0.3) is 0 Å². The van der Waals surface area contributed by atoms with Gasteiger partial charge in [0.15, 0.2) is 9.84 Å². The van der Waals surface area contributed by atoms with E-state index in [-0.39, 0.29) is 23.5 Å². The third-order valence-corrected chi connectivity index (χ3v) is 5.15. The minimum atomic E-state index is -2.95. The van der Waals surface area contributed by atoms with Crippen molar-refractivity contribution in [3.05, 3.63) is 17.0 Å². The molecular weight excluding hydrogens is 268 g/mol. The van der Waals surface area contributed by atoms with Gasteiger partial charge >= 0.3 is 0 Å². The maximum Gasteiger partial charge on any atom is 0.220 e. The predicted octanol–water partition coefficient (Wildman–Crippen LogP) is 0.527. The van der Waals surface area contributed by atoms with Crippen LogP contribution in [0, 0.1) is 13.8 Å². The number of aromatic nitrogens is 1. The predicted molar refractivity (Wildman–Crippen MR) is 69.5 cm³/mol. The Kier molecular flexibility index (Phi) is 3.93. The van der Waals surface area contributed by atoms with E-state index in [1.54, 1.807) is 0 Å². The summed E-state index contributed by atoms with van der Waals surface area (Å²) < 4.78 is 27.6. The third-order valence-electron chi connectivity index (χ3n) is 3.38. The Morgan fingerprint density at radius 1 is 1.47 bits per heavy atom. The summed E-state index contributed by atoms with van der Waals surface area (Å²) in [7, 11) is -2.95. The first-order valence-corrected chi connectivity index (χ1v) is 8.11. The van der Waals surface area contributed by atoms with E-state index in [9.17, 15) is 13.2 Å². The van der Waals surface area contributed by atoms with Gasteiger partial charge in [-0.05, 0) is 26.7 Å². The zero-order valence-corrected chi connectivity index (χ0v) is 11.9. The molecule has 1 saturated heterocycles. The van der Waals surface area contributed by atoms with Crippen LogP contribution in [0.5, 0.6) is 0 Å². The molecule has 0 aromatic carbocycles. The molecule has 0 spiro atoms. The van der Waals surface area contributed by atoms with Crippen molar-refractivity contribution in [3.8, 4) is 0 Å². The van der Waals surface area contributed by atoms with Crippen LogP contribution in [0.4, 0.5) is 0 Å². The molecule has 0 radical (unpaired) electrons. The fourth-order valence-corrected chi connectivity index (χ4v) is 3.98. The van der Waals surface area contributed by atoms with Crippen molar-refractivity contribution in [2.45, 2.75) is 39.2 Å². The van der Waals surface area contributed by atoms with Crippen LogP contribution in [0.2, 0.25) is 0 Å². The van der Waals surface area contributed by atoms with Crippen molar-refractivity contribution in [1.29, 1.82) is 0 Å². The Labute approximate surface area is 112 Å². The molecule has 7 heteroatoms. The summed E-state index contributed by atoms with van der Waals surface area (Å²) in [5, 5.41) is 6.60. The van der Waals surface area contributed by atoms with Gasteiger partial charge in [0.05, 0.1) is 17.2 Å².